The van der Waals surface area contributed by atoms with Crippen molar-refractivity contribution in [3.8, 4) is 22.4 Å². The minimum atomic E-state index is -4.31. The van der Waals surface area contributed by atoms with Crippen molar-refractivity contribution in [1.29, 1.82) is 0 Å². The molecule has 0 saturated heterocycles. The molecule has 0 saturated carbocycles. The molecule has 0 aliphatic carbocycles. The highest BCUT2D eigenvalue weighted by Crippen LogP contribution is 2.30. The summed E-state index contributed by atoms with van der Waals surface area (Å²) in [6.07, 6.45) is -4.31. The average Bonchev–Trinajstić information content (AvgIpc) is 2.78. The first-order chi connectivity index (χ1) is 14.5. The van der Waals surface area contributed by atoms with Gasteiger partial charge in [-0.25, -0.2) is 0 Å². The number of alkyl halides is 3. The summed E-state index contributed by atoms with van der Waals surface area (Å²) in [6.45, 7) is 0. The van der Waals surface area contributed by atoms with Crippen LogP contribution in [0.15, 0.2) is 96.0 Å². The van der Waals surface area contributed by atoms with Gasteiger partial charge in [0.05, 0.1) is 11.3 Å². The lowest BCUT2D eigenvalue weighted by atomic mass is 10.0. The first kappa shape index (κ1) is 20.2. The van der Waals surface area contributed by atoms with E-state index >= 15 is 0 Å². The zero-order chi connectivity index (χ0) is 21.0. The van der Waals surface area contributed by atoms with E-state index in [1.165, 1.54) is 23.9 Å². The SMILES string of the molecule is FC(F)(F)c1ccc(CSc2ccc(-c3ccc(-c4ccccc4)cc3)nn2)cc1. The van der Waals surface area contributed by atoms with E-state index in [2.05, 4.69) is 34.5 Å². The summed E-state index contributed by atoms with van der Waals surface area (Å²) in [5, 5.41) is 9.25. The molecule has 0 amide bonds. The van der Waals surface area contributed by atoms with Crippen LogP contribution in [0.3, 0.4) is 0 Å². The summed E-state index contributed by atoms with van der Waals surface area (Å²) >= 11 is 1.44. The maximum Gasteiger partial charge on any atom is 0.416 e. The van der Waals surface area contributed by atoms with E-state index < -0.39 is 11.7 Å². The molecule has 2 nitrogen and oxygen atoms in total. The van der Waals surface area contributed by atoms with Gasteiger partial charge in [0.15, 0.2) is 0 Å². The van der Waals surface area contributed by atoms with Crippen LogP contribution >= 0.6 is 11.8 Å². The van der Waals surface area contributed by atoms with Crippen LogP contribution in [0.2, 0.25) is 0 Å². The van der Waals surface area contributed by atoms with Crippen LogP contribution in [0, 0.1) is 0 Å². The van der Waals surface area contributed by atoms with Gasteiger partial charge in [0.1, 0.15) is 5.03 Å². The van der Waals surface area contributed by atoms with Crippen LogP contribution in [0.4, 0.5) is 13.2 Å². The second-order valence-corrected chi connectivity index (χ2v) is 7.68. The normalized spacial score (nSPS) is 11.4. The molecule has 4 rings (SSSR count). The first-order valence-corrected chi connectivity index (χ1v) is 10.3. The molecule has 0 unspecified atom stereocenters. The van der Waals surface area contributed by atoms with E-state index in [1.54, 1.807) is 0 Å². The van der Waals surface area contributed by atoms with Gasteiger partial charge in [-0.2, -0.15) is 13.2 Å². The molecule has 150 valence electrons. The Labute approximate surface area is 176 Å². The molecule has 0 spiro atoms. The van der Waals surface area contributed by atoms with Gasteiger partial charge < -0.3 is 0 Å². The average molecular weight is 422 g/mol. The number of hydrogen-bond acceptors (Lipinski definition) is 3. The minimum absolute atomic E-state index is 0.526. The van der Waals surface area contributed by atoms with Gasteiger partial charge in [-0.05, 0) is 41.0 Å². The second-order valence-electron chi connectivity index (χ2n) is 6.68. The van der Waals surface area contributed by atoms with Gasteiger partial charge in [-0.15, -0.1) is 10.2 Å². The summed E-state index contributed by atoms with van der Waals surface area (Å²) < 4.78 is 37.9. The number of halogens is 3. The summed E-state index contributed by atoms with van der Waals surface area (Å²) in [4.78, 5) is 0. The van der Waals surface area contributed by atoms with Crippen molar-refractivity contribution in [2.45, 2.75) is 17.0 Å². The lowest BCUT2D eigenvalue weighted by molar-refractivity contribution is -0.137. The molecular weight excluding hydrogens is 405 g/mol. The van der Waals surface area contributed by atoms with Crippen LogP contribution in [-0.4, -0.2) is 10.2 Å². The van der Waals surface area contributed by atoms with Crippen molar-refractivity contribution in [2.75, 3.05) is 0 Å². The van der Waals surface area contributed by atoms with Crippen molar-refractivity contribution in [1.82, 2.24) is 10.2 Å². The Morgan fingerprint density at radius 3 is 1.87 bits per heavy atom. The zero-order valence-corrected chi connectivity index (χ0v) is 16.6. The molecule has 0 aliphatic rings. The van der Waals surface area contributed by atoms with E-state index in [9.17, 15) is 13.2 Å². The highest BCUT2D eigenvalue weighted by Gasteiger charge is 2.29. The van der Waals surface area contributed by atoms with Crippen LogP contribution in [0.25, 0.3) is 22.4 Å². The Hall–Kier alpha value is -3.12. The summed E-state index contributed by atoms with van der Waals surface area (Å²) in [5.74, 6) is 0.526. The fourth-order valence-electron chi connectivity index (χ4n) is 2.96. The molecule has 0 aliphatic heterocycles. The lowest BCUT2D eigenvalue weighted by Gasteiger charge is -2.07. The Balaban J connectivity index is 1.39. The van der Waals surface area contributed by atoms with Crippen LogP contribution in [-0.2, 0) is 11.9 Å². The van der Waals surface area contributed by atoms with Gasteiger partial charge in [0.25, 0.3) is 0 Å². The molecule has 3 aromatic carbocycles. The summed E-state index contributed by atoms with van der Waals surface area (Å²) in [5.41, 5.74) is 4.20. The van der Waals surface area contributed by atoms with Crippen LogP contribution in [0.5, 0.6) is 0 Å². The molecular formula is C24H17F3N2S. The van der Waals surface area contributed by atoms with Crippen LogP contribution in [0.1, 0.15) is 11.1 Å². The highest BCUT2D eigenvalue weighted by atomic mass is 32.2. The van der Waals surface area contributed by atoms with Crippen molar-refractivity contribution in [3.63, 3.8) is 0 Å². The van der Waals surface area contributed by atoms with Crippen molar-refractivity contribution in [2.24, 2.45) is 0 Å². The van der Waals surface area contributed by atoms with Gasteiger partial charge >= 0.3 is 6.18 Å². The number of aromatic nitrogens is 2. The standard InChI is InChI=1S/C24H17F3N2S/c25-24(26,27)21-12-6-17(7-13-21)16-30-23-15-14-22(28-29-23)20-10-8-19(9-11-20)18-4-2-1-3-5-18/h1-15H,16H2. The molecule has 0 radical (unpaired) electrons. The molecule has 0 N–H and O–H groups in total. The number of rotatable bonds is 5. The molecule has 0 bridgehead atoms. The van der Waals surface area contributed by atoms with E-state index in [0.717, 1.165) is 45.1 Å². The second kappa shape index (κ2) is 8.71. The third kappa shape index (κ3) is 4.89. The summed E-state index contributed by atoms with van der Waals surface area (Å²) in [7, 11) is 0. The minimum Gasteiger partial charge on any atom is -0.166 e. The highest BCUT2D eigenvalue weighted by molar-refractivity contribution is 7.98. The number of thioether (sulfide) groups is 1. The zero-order valence-electron chi connectivity index (χ0n) is 15.8. The Kier molecular flexibility index (Phi) is 5.86. The number of hydrogen-bond donors (Lipinski definition) is 0. The predicted octanol–water partition coefficient (Wildman–Crippen LogP) is 7.12. The molecule has 1 aromatic heterocycles. The third-order valence-corrected chi connectivity index (χ3v) is 5.59. The predicted molar refractivity (Wildman–Crippen MR) is 114 cm³/mol. The Bertz CT molecular complexity index is 1090. The topological polar surface area (TPSA) is 25.8 Å². The van der Waals surface area contributed by atoms with E-state index in [0.29, 0.717) is 5.75 Å². The van der Waals surface area contributed by atoms with Gasteiger partial charge in [0, 0.05) is 11.3 Å². The fraction of sp³-hybridized carbons (Fsp3) is 0.0833. The Morgan fingerprint density at radius 1 is 0.633 bits per heavy atom. The van der Waals surface area contributed by atoms with Gasteiger partial charge in [-0.3, -0.25) is 0 Å². The maximum atomic E-state index is 12.6. The first-order valence-electron chi connectivity index (χ1n) is 9.27. The molecule has 30 heavy (non-hydrogen) atoms. The van der Waals surface area contributed by atoms with E-state index in [-0.39, 0.29) is 0 Å². The number of benzene rings is 3. The quantitative estimate of drug-likeness (QED) is 0.320. The van der Waals surface area contributed by atoms with Crippen LogP contribution < -0.4 is 0 Å². The molecule has 1 heterocycles. The molecule has 6 heteroatoms. The van der Waals surface area contributed by atoms with Gasteiger partial charge in [-0.1, -0.05) is 78.5 Å². The Morgan fingerprint density at radius 2 is 1.27 bits per heavy atom. The summed E-state index contributed by atoms with van der Waals surface area (Å²) in [6, 6.07) is 27.3. The third-order valence-electron chi connectivity index (χ3n) is 4.60. The molecule has 4 aromatic rings. The maximum absolute atomic E-state index is 12.6. The molecule has 0 atom stereocenters. The molecule has 0 fully saturated rings. The van der Waals surface area contributed by atoms with Gasteiger partial charge in [0.2, 0.25) is 0 Å². The monoisotopic (exact) mass is 422 g/mol. The van der Waals surface area contributed by atoms with E-state index in [1.807, 2.05) is 42.5 Å². The largest absolute Gasteiger partial charge is 0.416 e. The fourth-order valence-corrected chi connectivity index (χ4v) is 3.73. The van der Waals surface area contributed by atoms with E-state index in [4.69, 9.17) is 0 Å². The lowest BCUT2D eigenvalue weighted by Crippen LogP contribution is -2.04. The van der Waals surface area contributed by atoms with Crippen molar-refractivity contribution < 1.29 is 13.2 Å². The van der Waals surface area contributed by atoms with Crippen molar-refractivity contribution >= 4 is 11.8 Å². The number of nitrogens with zero attached hydrogens (tertiary/aromatic N) is 2. The van der Waals surface area contributed by atoms with Crippen molar-refractivity contribution in [3.05, 3.63) is 102 Å². The smallest absolute Gasteiger partial charge is 0.166 e.